The van der Waals surface area contributed by atoms with Crippen LogP contribution in [0.5, 0.6) is 0 Å². The molecule has 3 rings (SSSR count). The van der Waals surface area contributed by atoms with E-state index < -0.39 is 0 Å². The Morgan fingerprint density at radius 1 is 1.50 bits per heavy atom. The zero-order valence-corrected chi connectivity index (χ0v) is 12.8. The molecule has 2 heterocycles. The maximum atomic E-state index is 11.9. The van der Waals surface area contributed by atoms with Gasteiger partial charge in [-0.25, -0.2) is 9.78 Å². The van der Waals surface area contributed by atoms with Gasteiger partial charge in [-0.2, -0.15) is 0 Å². The Morgan fingerprint density at radius 2 is 2.32 bits per heavy atom. The maximum absolute atomic E-state index is 11.9. The van der Waals surface area contributed by atoms with Crippen molar-refractivity contribution in [1.82, 2.24) is 20.2 Å². The van der Waals surface area contributed by atoms with Crippen molar-refractivity contribution in [2.24, 2.45) is 0 Å². The first-order chi connectivity index (χ1) is 10.7. The molecule has 2 N–H and O–H groups in total. The fourth-order valence-electron chi connectivity index (χ4n) is 2.44. The van der Waals surface area contributed by atoms with E-state index in [1.54, 1.807) is 18.2 Å². The second-order valence-electron chi connectivity index (χ2n) is 5.53. The topological polar surface area (TPSA) is 70.2 Å². The van der Waals surface area contributed by atoms with Gasteiger partial charge >= 0.3 is 6.03 Å². The smallest absolute Gasteiger partial charge is 0.317 e. The summed E-state index contributed by atoms with van der Waals surface area (Å²) < 4.78 is 5.15. The molecule has 1 fully saturated rings. The summed E-state index contributed by atoms with van der Waals surface area (Å²) in [4.78, 5) is 21.2. The summed E-state index contributed by atoms with van der Waals surface area (Å²) in [6.07, 6.45) is 1.96. The lowest BCUT2D eigenvalue weighted by atomic mass is 10.1. The number of urea groups is 1. The van der Waals surface area contributed by atoms with Gasteiger partial charge in [0.2, 0.25) is 0 Å². The molecule has 0 unspecified atom stereocenters. The van der Waals surface area contributed by atoms with E-state index >= 15 is 0 Å². The number of aryl methyl sites for hydroxylation is 1. The quantitative estimate of drug-likeness (QED) is 0.906. The summed E-state index contributed by atoms with van der Waals surface area (Å²) in [5, 5.41) is 2.86. The predicted molar refractivity (Wildman–Crippen MR) is 83.4 cm³/mol. The number of hydrogen-bond acceptors (Lipinski definition) is 3. The third kappa shape index (κ3) is 3.12. The predicted octanol–water partition coefficient (Wildman–Crippen LogP) is 1.93. The van der Waals surface area contributed by atoms with Gasteiger partial charge in [-0.05, 0) is 18.6 Å². The van der Waals surface area contributed by atoms with Gasteiger partial charge in [-0.3, -0.25) is 0 Å². The lowest BCUT2D eigenvalue weighted by molar-refractivity contribution is -0.00773. The fourth-order valence-corrected chi connectivity index (χ4v) is 2.44. The molecule has 0 aliphatic carbocycles. The van der Waals surface area contributed by atoms with Crippen molar-refractivity contribution in [1.29, 1.82) is 0 Å². The number of nitrogens with zero attached hydrogens (tertiary/aromatic N) is 2. The van der Waals surface area contributed by atoms with Crippen LogP contribution in [0.15, 0.2) is 30.5 Å². The van der Waals surface area contributed by atoms with Crippen molar-refractivity contribution in [2.75, 3.05) is 20.2 Å². The number of likely N-dealkylation sites (tertiary alicyclic amines) is 1. The van der Waals surface area contributed by atoms with E-state index in [9.17, 15) is 4.79 Å². The molecule has 2 aromatic rings. The number of imidazole rings is 1. The van der Waals surface area contributed by atoms with E-state index in [1.807, 2.05) is 12.1 Å². The molecule has 1 aliphatic rings. The second kappa shape index (κ2) is 6.19. The summed E-state index contributed by atoms with van der Waals surface area (Å²) in [5.74, 6) is 0.744. The maximum Gasteiger partial charge on any atom is 0.317 e. The largest absolute Gasteiger partial charge is 0.378 e. The van der Waals surface area contributed by atoms with Gasteiger partial charge in [-0.15, -0.1) is 0 Å². The number of carbonyl (C=O) groups excluding carboxylic acids is 1. The monoisotopic (exact) mass is 300 g/mol. The number of methoxy groups -OCH3 is 1. The molecule has 1 saturated heterocycles. The van der Waals surface area contributed by atoms with Gasteiger partial charge in [0.05, 0.1) is 37.6 Å². The molecular formula is C16H20N4O2. The number of hydrogen-bond donors (Lipinski definition) is 2. The van der Waals surface area contributed by atoms with Gasteiger partial charge in [0.15, 0.2) is 0 Å². The van der Waals surface area contributed by atoms with E-state index in [2.05, 4.69) is 34.3 Å². The Morgan fingerprint density at radius 3 is 3.05 bits per heavy atom. The molecule has 22 heavy (non-hydrogen) atoms. The Bertz CT molecular complexity index is 662. The average molecular weight is 300 g/mol. The average Bonchev–Trinajstić information content (AvgIpc) is 2.93. The zero-order valence-electron chi connectivity index (χ0n) is 12.8. The van der Waals surface area contributed by atoms with Gasteiger partial charge in [0, 0.05) is 7.11 Å². The Hall–Kier alpha value is -2.34. The molecule has 2 amide bonds. The second-order valence-corrected chi connectivity index (χ2v) is 5.53. The first kappa shape index (κ1) is 14.6. The van der Waals surface area contributed by atoms with E-state index in [4.69, 9.17) is 4.74 Å². The number of amides is 2. The SMILES string of the molecule is COC1CN(C(=O)NCc2ncc(-c3cccc(C)c3)[nH]2)C1. The van der Waals surface area contributed by atoms with Crippen molar-refractivity contribution < 1.29 is 9.53 Å². The van der Waals surface area contributed by atoms with Crippen molar-refractivity contribution >= 4 is 6.03 Å². The van der Waals surface area contributed by atoms with Crippen molar-refractivity contribution in [3.05, 3.63) is 41.9 Å². The van der Waals surface area contributed by atoms with Crippen LogP contribution in [-0.4, -0.2) is 47.2 Å². The summed E-state index contributed by atoms with van der Waals surface area (Å²) in [7, 11) is 1.66. The number of H-pyrrole nitrogens is 1. The van der Waals surface area contributed by atoms with Crippen molar-refractivity contribution in [3.8, 4) is 11.3 Å². The molecule has 1 aromatic carbocycles. The van der Waals surface area contributed by atoms with Crippen LogP contribution in [0, 0.1) is 6.92 Å². The van der Waals surface area contributed by atoms with E-state index in [0.717, 1.165) is 17.1 Å². The van der Waals surface area contributed by atoms with E-state index in [0.29, 0.717) is 19.6 Å². The minimum atomic E-state index is -0.0817. The van der Waals surface area contributed by atoms with Crippen LogP contribution in [0.1, 0.15) is 11.4 Å². The Kier molecular flexibility index (Phi) is 4.11. The molecule has 0 bridgehead atoms. The molecule has 6 nitrogen and oxygen atoms in total. The van der Waals surface area contributed by atoms with Gasteiger partial charge in [-0.1, -0.05) is 23.8 Å². The van der Waals surface area contributed by atoms with Crippen LogP contribution in [0.3, 0.4) is 0 Å². The first-order valence-electron chi connectivity index (χ1n) is 7.32. The third-order valence-electron chi connectivity index (χ3n) is 3.83. The number of carbonyl (C=O) groups is 1. The summed E-state index contributed by atoms with van der Waals surface area (Å²) >= 11 is 0. The third-order valence-corrected chi connectivity index (χ3v) is 3.83. The Labute approximate surface area is 129 Å². The van der Waals surface area contributed by atoms with Gasteiger partial charge in [0.25, 0.3) is 0 Å². The number of ether oxygens (including phenoxy) is 1. The minimum absolute atomic E-state index is 0.0817. The summed E-state index contributed by atoms with van der Waals surface area (Å²) in [6, 6.07) is 8.13. The summed E-state index contributed by atoms with van der Waals surface area (Å²) in [6.45, 7) is 3.74. The van der Waals surface area contributed by atoms with Crippen LogP contribution >= 0.6 is 0 Å². The summed E-state index contributed by atoms with van der Waals surface area (Å²) in [5.41, 5.74) is 3.25. The Balaban J connectivity index is 1.55. The first-order valence-corrected chi connectivity index (χ1v) is 7.32. The van der Waals surface area contributed by atoms with Crippen LogP contribution < -0.4 is 5.32 Å². The molecule has 6 heteroatoms. The fraction of sp³-hybridized carbons (Fsp3) is 0.375. The van der Waals surface area contributed by atoms with Gasteiger partial charge in [0.1, 0.15) is 5.82 Å². The van der Waals surface area contributed by atoms with Crippen LogP contribution in [0.4, 0.5) is 4.79 Å². The normalized spacial score (nSPS) is 14.7. The lowest BCUT2D eigenvalue weighted by Crippen LogP contribution is -2.57. The van der Waals surface area contributed by atoms with E-state index in [1.165, 1.54) is 5.56 Å². The molecular weight excluding hydrogens is 280 g/mol. The van der Waals surface area contributed by atoms with Crippen molar-refractivity contribution in [3.63, 3.8) is 0 Å². The number of benzene rings is 1. The highest BCUT2D eigenvalue weighted by Gasteiger charge is 2.30. The lowest BCUT2D eigenvalue weighted by Gasteiger charge is -2.37. The molecule has 116 valence electrons. The highest BCUT2D eigenvalue weighted by atomic mass is 16.5. The molecule has 1 aromatic heterocycles. The molecule has 0 atom stereocenters. The minimum Gasteiger partial charge on any atom is -0.378 e. The van der Waals surface area contributed by atoms with Gasteiger partial charge < -0.3 is 19.9 Å². The standard InChI is InChI=1S/C16H20N4O2/c1-11-4-3-5-12(6-11)14-7-17-15(19-14)8-18-16(21)20-9-13(10-20)22-2/h3-7,13H,8-10H2,1-2H3,(H,17,19)(H,18,21). The zero-order chi connectivity index (χ0) is 15.5. The van der Waals surface area contributed by atoms with Crippen LogP contribution in [-0.2, 0) is 11.3 Å². The molecule has 0 saturated carbocycles. The molecule has 0 radical (unpaired) electrons. The molecule has 1 aliphatic heterocycles. The van der Waals surface area contributed by atoms with Crippen molar-refractivity contribution in [2.45, 2.75) is 19.6 Å². The molecule has 0 spiro atoms. The number of aromatic nitrogens is 2. The highest BCUT2D eigenvalue weighted by molar-refractivity contribution is 5.75. The number of nitrogens with one attached hydrogen (secondary N) is 2. The number of aromatic amines is 1. The highest BCUT2D eigenvalue weighted by Crippen LogP contribution is 2.18. The van der Waals surface area contributed by atoms with Crippen LogP contribution in [0.25, 0.3) is 11.3 Å². The number of rotatable bonds is 4. The van der Waals surface area contributed by atoms with E-state index in [-0.39, 0.29) is 12.1 Å². The van der Waals surface area contributed by atoms with Crippen LogP contribution in [0.2, 0.25) is 0 Å².